The molecule has 1 atom stereocenters. The first-order chi connectivity index (χ1) is 6.49. The number of rotatable bonds is 2. The van der Waals surface area contributed by atoms with Gasteiger partial charge in [0.25, 0.3) is 5.91 Å². The molecule has 0 aromatic rings. The first-order valence-corrected chi connectivity index (χ1v) is 4.85. The fourth-order valence-electron chi connectivity index (χ4n) is 1.83. The number of halogens is 1. The second kappa shape index (κ2) is 3.17. The highest BCUT2D eigenvalue weighted by Crippen LogP contribution is 2.24. The van der Waals surface area contributed by atoms with Crippen LogP contribution in [-0.2, 0) is 4.79 Å². The van der Waals surface area contributed by atoms with Gasteiger partial charge in [-0.3, -0.25) is 4.79 Å². The van der Waals surface area contributed by atoms with Gasteiger partial charge in [-0.05, 0) is 6.92 Å². The summed E-state index contributed by atoms with van der Waals surface area (Å²) in [7, 11) is 0. The number of nitrogens with zero attached hydrogens (tertiary/aromatic N) is 1. The molecule has 2 saturated heterocycles. The van der Waals surface area contributed by atoms with Crippen molar-refractivity contribution in [3.8, 4) is 0 Å². The first kappa shape index (κ1) is 9.86. The van der Waals surface area contributed by atoms with Crippen LogP contribution >= 0.6 is 0 Å². The standard InChI is InChI=1S/C9H15FN2O2/c1-9(14)4-12(5-9)8(13)7(10)6-2-11-3-6/h6-7,11,14H,2-5H2,1H3. The van der Waals surface area contributed by atoms with Crippen LogP contribution in [0.5, 0.6) is 0 Å². The van der Waals surface area contributed by atoms with E-state index < -0.39 is 17.7 Å². The van der Waals surface area contributed by atoms with Crippen molar-refractivity contribution >= 4 is 5.91 Å². The number of β-amino-alcohol motifs (C(OH)–C–C–N with tert-alkyl or cyclic N) is 1. The predicted molar refractivity (Wildman–Crippen MR) is 48.5 cm³/mol. The molecule has 14 heavy (non-hydrogen) atoms. The summed E-state index contributed by atoms with van der Waals surface area (Å²) >= 11 is 0. The van der Waals surface area contributed by atoms with Gasteiger partial charge in [0.05, 0.1) is 18.7 Å². The molecular formula is C9H15FN2O2. The molecule has 0 saturated carbocycles. The maximum Gasteiger partial charge on any atom is 0.257 e. The molecule has 0 aliphatic carbocycles. The van der Waals surface area contributed by atoms with E-state index in [0.29, 0.717) is 13.1 Å². The van der Waals surface area contributed by atoms with E-state index in [9.17, 15) is 14.3 Å². The molecule has 1 unspecified atom stereocenters. The van der Waals surface area contributed by atoms with Crippen LogP contribution in [0.25, 0.3) is 0 Å². The van der Waals surface area contributed by atoms with Gasteiger partial charge in [-0.1, -0.05) is 0 Å². The summed E-state index contributed by atoms with van der Waals surface area (Å²) in [4.78, 5) is 12.8. The maximum atomic E-state index is 13.5. The molecule has 0 radical (unpaired) electrons. The number of aliphatic hydroxyl groups is 1. The SMILES string of the molecule is CC1(O)CN(C(=O)C(F)C2CNC2)C1. The quantitative estimate of drug-likeness (QED) is 0.612. The Kier molecular flexibility index (Phi) is 2.23. The molecule has 2 aliphatic heterocycles. The van der Waals surface area contributed by atoms with Crippen molar-refractivity contribution < 1.29 is 14.3 Å². The van der Waals surface area contributed by atoms with Crippen LogP contribution in [0.2, 0.25) is 0 Å². The van der Waals surface area contributed by atoms with E-state index in [0.717, 1.165) is 0 Å². The molecule has 2 heterocycles. The molecule has 2 N–H and O–H groups in total. The van der Waals surface area contributed by atoms with Crippen molar-refractivity contribution in [2.75, 3.05) is 26.2 Å². The monoisotopic (exact) mass is 202 g/mol. The third-order valence-electron chi connectivity index (χ3n) is 2.84. The minimum absolute atomic E-state index is 0.173. The Morgan fingerprint density at radius 2 is 2.21 bits per heavy atom. The minimum Gasteiger partial charge on any atom is -0.386 e. The zero-order chi connectivity index (χ0) is 10.3. The third kappa shape index (κ3) is 1.62. The average molecular weight is 202 g/mol. The average Bonchev–Trinajstić information content (AvgIpc) is 1.95. The lowest BCUT2D eigenvalue weighted by atomic mass is 9.92. The van der Waals surface area contributed by atoms with Crippen LogP contribution in [0.15, 0.2) is 0 Å². The fourth-order valence-corrected chi connectivity index (χ4v) is 1.83. The van der Waals surface area contributed by atoms with Crippen LogP contribution in [0.3, 0.4) is 0 Å². The van der Waals surface area contributed by atoms with Crippen LogP contribution in [0, 0.1) is 5.92 Å². The zero-order valence-corrected chi connectivity index (χ0v) is 8.16. The molecule has 2 aliphatic rings. The number of alkyl halides is 1. The summed E-state index contributed by atoms with van der Waals surface area (Å²) in [6, 6.07) is 0. The van der Waals surface area contributed by atoms with Gasteiger partial charge in [-0.15, -0.1) is 0 Å². The van der Waals surface area contributed by atoms with Crippen LogP contribution < -0.4 is 5.32 Å². The van der Waals surface area contributed by atoms with Crippen LogP contribution in [0.1, 0.15) is 6.92 Å². The Bertz CT molecular complexity index is 245. The highest BCUT2D eigenvalue weighted by Gasteiger charge is 2.44. The van der Waals surface area contributed by atoms with Gasteiger partial charge < -0.3 is 15.3 Å². The van der Waals surface area contributed by atoms with Crippen molar-refractivity contribution in [3.63, 3.8) is 0 Å². The summed E-state index contributed by atoms with van der Waals surface area (Å²) in [6.07, 6.45) is -1.40. The van der Waals surface area contributed by atoms with Crippen molar-refractivity contribution in [1.29, 1.82) is 0 Å². The maximum absolute atomic E-state index is 13.5. The molecular weight excluding hydrogens is 187 g/mol. The second-order valence-electron chi connectivity index (χ2n) is 4.51. The number of carbonyl (C=O) groups excluding carboxylic acids is 1. The predicted octanol–water partition coefficient (Wildman–Crippen LogP) is -0.863. The van der Waals surface area contributed by atoms with E-state index in [2.05, 4.69) is 5.32 Å². The van der Waals surface area contributed by atoms with Crippen LogP contribution in [-0.4, -0.2) is 53.9 Å². The van der Waals surface area contributed by atoms with Gasteiger partial charge in [-0.25, -0.2) is 4.39 Å². The zero-order valence-electron chi connectivity index (χ0n) is 8.16. The summed E-state index contributed by atoms with van der Waals surface area (Å²) < 4.78 is 13.5. The van der Waals surface area contributed by atoms with E-state index >= 15 is 0 Å². The number of carbonyl (C=O) groups is 1. The van der Waals surface area contributed by atoms with Gasteiger partial charge in [0.1, 0.15) is 0 Å². The molecule has 5 heteroatoms. The molecule has 0 aromatic carbocycles. The van der Waals surface area contributed by atoms with E-state index in [1.165, 1.54) is 4.90 Å². The van der Waals surface area contributed by atoms with Crippen molar-refractivity contribution in [2.24, 2.45) is 5.92 Å². The van der Waals surface area contributed by atoms with Crippen molar-refractivity contribution in [2.45, 2.75) is 18.7 Å². The van der Waals surface area contributed by atoms with E-state index in [-0.39, 0.29) is 19.0 Å². The Labute approximate surface area is 82.1 Å². The largest absolute Gasteiger partial charge is 0.386 e. The molecule has 1 amide bonds. The molecule has 4 nitrogen and oxygen atoms in total. The van der Waals surface area contributed by atoms with Crippen molar-refractivity contribution in [3.05, 3.63) is 0 Å². The second-order valence-corrected chi connectivity index (χ2v) is 4.51. The lowest BCUT2D eigenvalue weighted by molar-refractivity contribution is -0.160. The van der Waals surface area contributed by atoms with Crippen LogP contribution in [0.4, 0.5) is 4.39 Å². The van der Waals surface area contributed by atoms with Gasteiger partial charge in [0, 0.05) is 19.0 Å². The van der Waals surface area contributed by atoms with Gasteiger partial charge in [0.2, 0.25) is 0 Å². The molecule has 0 aromatic heterocycles. The van der Waals surface area contributed by atoms with Crippen molar-refractivity contribution in [1.82, 2.24) is 10.2 Å². The van der Waals surface area contributed by atoms with E-state index in [4.69, 9.17) is 0 Å². The highest BCUT2D eigenvalue weighted by atomic mass is 19.1. The topological polar surface area (TPSA) is 52.6 Å². The normalized spacial score (nSPS) is 27.8. The Hall–Kier alpha value is -0.680. The van der Waals surface area contributed by atoms with Gasteiger partial charge in [0.15, 0.2) is 6.17 Å². The van der Waals surface area contributed by atoms with E-state index in [1.807, 2.05) is 0 Å². The lowest BCUT2D eigenvalue weighted by Crippen LogP contribution is -2.65. The minimum atomic E-state index is -1.40. The smallest absolute Gasteiger partial charge is 0.257 e. The lowest BCUT2D eigenvalue weighted by Gasteiger charge is -2.45. The Morgan fingerprint density at radius 3 is 2.57 bits per heavy atom. The number of amides is 1. The molecule has 0 bridgehead atoms. The number of likely N-dealkylation sites (tertiary alicyclic amines) is 1. The summed E-state index contributed by atoms with van der Waals surface area (Å²) in [5.74, 6) is -0.643. The highest BCUT2D eigenvalue weighted by molar-refractivity contribution is 5.82. The molecule has 2 fully saturated rings. The van der Waals surface area contributed by atoms with Gasteiger partial charge in [-0.2, -0.15) is 0 Å². The Balaban J connectivity index is 1.84. The number of nitrogens with one attached hydrogen (secondary N) is 1. The molecule has 0 spiro atoms. The Morgan fingerprint density at radius 1 is 1.64 bits per heavy atom. The summed E-state index contributed by atoms with van der Waals surface area (Å²) in [5, 5.41) is 12.3. The first-order valence-electron chi connectivity index (χ1n) is 4.85. The summed E-state index contributed by atoms with van der Waals surface area (Å²) in [6.45, 7) is 3.32. The summed E-state index contributed by atoms with van der Waals surface area (Å²) in [5.41, 5.74) is -0.812. The van der Waals surface area contributed by atoms with Gasteiger partial charge >= 0.3 is 0 Å². The third-order valence-corrected chi connectivity index (χ3v) is 2.84. The fraction of sp³-hybridized carbons (Fsp3) is 0.889. The number of hydrogen-bond donors (Lipinski definition) is 2. The molecule has 80 valence electrons. The van der Waals surface area contributed by atoms with E-state index in [1.54, 1.807) is 6.92 Å². The number of hydrogen-bond acceptors (Lipinski definition) is 3. The molecule has 2 rings (SSSR count).